The molecule has 0 atom stereocenters. The van der Waals surface area contributed by atoms with E-state index < -0.39 is 0 Å². The predicted molar refractivity (Wildman–Crippen MR) is 67.1 cm³/mol. The van der Waals surface area contributed by atoms with E-state index in [1.165, 1.54) is 7.11 Å². The Morgan fingerprint density at radius 1 is 1.62 bits per heavy atom. The normalized spacial score (nSPS) is 9.62. The number of benzene rings is 1. The highest BCUT2D eigenvalue weighted by molar-refractivity contribution is 7.80. The molecule has 0 saturated carbocycles. The first kappa shape index (κ1) is 12.7. The molecule has 1 rings (SSSR count). The summed E-state index contributed by atoms with van der Waals surface area (Å²) in [5, 5.41) is 3.07. The second-order valence-corrected chi connectivity index (χ2v) is 3.95. The van der Waals surface area contributed by atoms with Gasteiger partial charge in [-0.1, -0.05) is 23.8 Å². The second-order valence-electron chi connectivity index (χ2n) is 2.99. The van der Waals surface area contributed by atoms with Crippen LogP contribution in [0.3, 0.4) is 0 Å². The number of methoxy groups -OCH3 is 1. The van der Waals surface area contributed by atoms with E-state index in [0.717, 1.165) is 0 Å². The van der Waals surface area contributed by atoms with Gasteiger partial charge in [0.05, 0.1) is 24.2 Å². The molecule has 0 heterocycles. The lowest BCUT2D eigenvalue weighted by atomic mass is 10.2. The fourth-order valence-corrected chi connectivity index (χ4v) is 1.35. The molecule has 0 saturated heterocycles. The summed E-state index contributed by atoms with van der Waals surface area (Å²) in [6, 6.07) is 4.76. The maximum Gasteiger partial charge on any atom is 0.255 e. The standard InChI is InChI=1S/C10H11ClN2O2S/c1-15-8-4-6(11)2-3-7(8)10(14)13-5-9(12)16/h2-4H,5H2,1H3,(H2,12,16)(H,13,14). The van der Waals surface area contributed by atoms with Crippen LogP contribution in [0.25, 0.3) is 0 Å². The zero-order chi connectivity index (χ0) is 12.1. The first-order valence-electron chi connectivity index (χ1n) is 4.44. The van der Waals surface area contributed by atoms with Crippen molar-refractivity contribution in [3.8, 4) is 5.75 Å². The quantitative estimate of drug-likeness (QED) is 0.801. The van der Waals surface area contributed by atoms with Crippen molar-refractivity contribution in [3.63, 3.8) is 0 Å². The summed E-state index contributed by atoms with van der Waals surface area (Å²) < 4.78 is 5.04. The molecule has 0 bridgehead atoms. The van der Waals surface area contributed by atoms with Crippen molar-refractivity contribution in [2.75, 3.05) is 13.7 Å². The Morgan fingerprint density at radius 3 is 2.88 bits per heavy atom. The second kappa shape index (κ2) is 5.67. The monoisotopic (exact) mass is 258 g/mol. The van der Waals surface area contributed by atoms with Crippen LogP contribution in [0.1, 0.15) is 10.4 Å². The maximum absolute atomic E-state index is 11.7. The Balaban J connectivity index is 2.86. The van der Waals surface area contributed by atoms with Gasteiger partial charge in [-0.2, -0.15) is 0 Å². The lowest BCUT2D eigenvalue weighted by Crippen LogP contribution is -2.32. The third kappa shape index (κ3) is 3.36. The van der Waals surface area contributed by atoms with Crippen LogP contribution in [0.4, 0.5) is 0 Å². The van der Waals surface area contributed by atoms with Crippen LogP contribution in [0.15, 0.2) is 18.2 Å². The lowest BCUT2D eigenvalue weighted by Gasteiger charge is -2.08. The third-order valence-electron chi connectivity index (χ3n) is 1.83. The molecule has 0 unspecified atom stereocenters. The molecule has 1 aromatic rings. The summed E-state index contributed by atoms with van der Waals surface area (Å²) >= 11 is 10.4. The number of rotatable bonds is 4. The average molecular weight is 259 g/mol. The SMILES string of the molecule is COc1cc(Cl)ccc1C(=O)NCC(N)=S. The topological polar surface area (TPSA) is 64.3 Å². The number of ether oxygens (including phenoxy) is 1. The molecule has 0 radical (unpaired) electrons. The molecule has 0 aliphatic heterocycles. The molecule has 0 aromatic heterocycles. The van der Waals surface area contributed by atoms with E-state index in [9.17, 15) is 4.79 Å². The summed E-state index contributed by atoms with van der Waals surface area (Å²) in [6.45, 7) is 0.153. The van der Waals surface area contributed by atoms with Crippen molar-refractivity contribution < 1.29 is 9.53 Å². The van der Waals surface area contributed by atoms with E-state index in [1.54, 1.807) is 18.2 Å². The number of amides is 1. The largest absolute Gasteiger partial charge is 0.496 e. The minimum absolute atomic E-state index is 0.153. The molecule has 1 aromatic carbocycles. The van der Waals surface area contributed by atoms with Gasteiger partial charge in [-0.15, -0.1) is 0 Å². The molecule has 0 spiro atoms. The van der Waals surface area contributed by atoms with Gasteiger partial charge in [0.2, 0.25) is 0 Å². The van der Waals surface area contributed by atoms with E-state index in [1.807, 2.05) is 0 Å². The van der Waals surface area contributed by atoms with Gasteiger partial charge in [-0.3, -0.25) is 4.79 Å². The fraction of sp³-hybridized carbons (Fsp3) is 0.200. The van der Waals surface area contributed by atoms with Gasteiger partial charge >= 0.3 is 0 Å². The number of carbonyl (C=O) groups is 1. The molecule has 3 N–H and O–H groups in total. The number of nitrogens with two attached hydrogens (primary N) is 1. The zero-order valence-electron chi connectivity index (χ0n) is 8.62. The van der Waals surface area contributed by atoms with Crippen molar-refractivity contribution in [3.05, 3.63) is 28.8 Å². The van der Waals surface area contributed by atoms with Crippen molar-refractivity contribution >= 4 is 34.7 Å². The number of hydrogen-bond acceptors (Lipinski definition) is 3. The molecule has 0 fully saturated rings. The minimum Gasteiger partial charge on any atom is -0.496 e. The van der Waals surface area contributed by atoms with E-state index in [4.69, 9.17) is 22.1 Å². The molecule has 0 aliphatic carbocycles. The Hall–Kier alpha value is -1.33. The number of carbonyl (C=O) groups excluding carboxylic acids is 1. The number of thiocarbonyl (C=S) groups is 1. The average Bonchev–Trinajstić information content (AvgIpc) is 2.25. The van der Waals surface area contributed by atoms with Crippen LogP contribution in [-0.2, 0) is 0 Å². The molecule has 86 valence electrons. The number of nitrogens with one attached hydrogen (secondary N) is 1. The summed E-state index contributed by atoms with van der Waals surface area (Å²) in [4.78, 5) is 11.9. The first-order valence-corrected chi connectivity index (χ1v) is 5.23. The van der Waals surface area contributed by atoms with Crippen molar-refractivity contribution in [1.82, 2.24) is 5.32 Å². The highest BCUT2D eigenvalue weighted by Crippen LogP contribution is 2.22. The first-order chi connectivity index (χ1) is 7.54. The smallest absolute Gasteiger partial charge is 0.255 e. The highest BCUT2D eigenvalue weighted by atomic mass is 35.5. The third-order valence-corrected chi connectivity index (χ3v) is 2.21. The van der Waals surface area contributed by atoms with Crippen LogP contribution in [0.2, 0.25) is 5.02 Å². The van der Waals surface area contributed by atoms with E-state index in [0.29, 0.717) is 16.3 Å². The number of halogens is 1. The Bertz CT molecular complexity index is 423. The minimum atomic E-state index is -0.304. The van der Waals surface area contributed by atoms with Crippen molar-refractivity contribution in [2.45, 2.75) is 0 Å². The van der Waals surface area contributed by atoms with Gasteiger partial charge in [0, 0.05) is 5.02 Å². The summed E-state index contributed by atoms with van der Waals surface area (Å²) in [6.07, 6.45) is 0. The van der Waals surface area contributed by atoms with Gasteiger partial charge < -0.3 is 15.8 Å². The van der Waals surface area contributed by atoms with Crippen LogP contribution in [-0.4, -0.2) is 24.6 Å². The van der Waals surface area contributed by atoms with E-state index in [-0.39, 0.29) is 17.4 Å². The van der Waals surface area contributed by atoms with Gasteiger partial charge in [0.1, 0.15) is 5.75 Å². The van der Waals surface area contributed by atoms with Crippen LogP contribution in [0.5, 0.6) is 5.75 Å². The van der Waals surface area contributed by atoms with Crippen LogP contribution >= 0.6 is 23.8 Å². The molecule has 16 heavy (non-hydrogen) atoms. The Morgan fingerprint density at radius 2 is 2.31 bits per heavy atom. The van der Waals surface area contributed by atoms with Gasteiger partial charge in [-0.25, -0.2) is 0 Å². The molecular weight excluding hydrogens is 248 g/mol. The van der Waals surface area contributed by atoms with Crippen LogP contribution in [0, 0.1) is 0 Å². The van der Waals surface area contributed by atoms with E-state index >= 15 is 0 Å². The Kier molecular flexibility index (Phi) is 4.52. The molecular formula is C10H11ClN2O2S. The zero-order valence-corrected chi connectivity index (χ0v) is 10.2. The number of hydrogen-bond donors (Lipinski definition) is 2. The molecule has 1 amide bonds. The van der Waals surface area contributed by atoms with Gasteiger partial charge in [0.25, 0.3) is 5.91 Å². The van der Waals surface area contributed by atoms with Crippen molar-refractivity contribution in [2.24, 2.45) is 5.73 Å². The predicted octanol–water partition coefficient (Wildman–Crippen LogP) is 1.36. The Labute approximate surface area is 104 Å². The molecule has 4 nitrogen and oxygen atoms in total. The summed E-state index contributed by atoms with van der Waals surface area (Å²) in [5.74, 6) is 0.106. The van der Waals surface area contributed by atoms with Gasteiger partial charge in [-0.05, 0) is 18.2 Å². The maximum atomic E-state index is 11.7. The summed E-state index contributed by atoms with van der Waals surface area (Å²) in [7, 11) is 1.47. The van der Waals surface area contributed by atoms with E-state index in [2.05, 4.69) is 17.5 Å². The fourth-order valence-electron chi connectivity index (χ4n) is 1.12. The molecule has 6 heteroatoms. The lowest BCUT2D eigenvalue weighted by molar-refractivity contribution is 0.0956. The highest BCUT2D eigenvalue weighted by Gasteiger charge is 2.12. The van der Waals surface area contributed by atoms with Crippen molar-refractivity contribution in [1.29, 1.82) is 0 Å². The van der Waals surface area contributed by atoms with Gasteiger partial charge in [0.15, 0.2) is 0 Å². The van der Waals surface area contributed by atoms with Crippen LogP contribution < -0.4 is 15.8 Å². The molecule has 0 aliphatic rings. The summed E-state index contributed by atoms with van der Waals surface area (Å²) in [5.41, 5.74) is 5.67.